The molecule has 132 valence electrons. The minimum Gasteiger partial charge on any atom is -0.507 e. The first kappa shape index (κ1) is 18.5. The number of esters is 1. The number of carbonyl (C=O) groups excluding carboxylic acids is 2. The Morgan fingerprint density at radius 3 is 2.36 bits per heavy atom. The molecule has 0 spiro atoms. The van der Waals surface area contributed by atoms with Crippen molar-refractivity contribution in [1.29, 1.82) is 0 Å². The third kappa shape index (κ3) is 4.59. The molecule has 0 unspecified atom stereocenters. The molecule has 0 fully saturated rings. The van der Waals surface area contributed by atoms with Crippen LogP contribution in [0.2, 0.25) is 0 Å². The fourth-order valence-corrected chi connectivity index (χ4v) is 2.03. The van der Waals surface area contributed by atoms with Crippen molar-refractivity contribution in [1.82, 2.24) is 0 Å². The molecule has 0 aliphatic heterocycles. The molecule has 0 radical (unpaired) electrons. The lowest BCUT2D eigenvalue weighted by Gasteiger charge is -2.20. The van der Waals surface area contributed by atoms with Crippen molar-refractivity contribution in [2.45, 2.75) is 27.2 Å². The van der Waals surface area contributed by atoms with Crippen molar-refractivity contribution in [2.75, 3.05) is 6.79 Å². The molecule has 0 atom stereocenters. The van der Waals surface area contributed by atoms with E-state index in [1.54, 1.807) is 44.2 Å². The Kier molecular flexibility index (Phi) is 5.80. The molecule has 5 heteroatoms. The quantitative estimate of drug-likeness (QED) is 0.469. The third-order valence-corrected chi connectivity index (χ3v) is 4.10. The number of benzene rings is 2. The highest BCUT2D eigenvalue weighted by Crippen LogP contribution is 2.26. The van der Waals surface area contributed by atoms with Gasteiger partial charge in [-0.3, -0.25) is 9.59 Å². The number of rotatable bonds is 7. The summed E-state index contributed by atoms with van der Waals surface area (Å²) in [7, 11) is 0. The summed E-state index contributed by atoms with van der Waals surface area (Å²) >= 11 is 0. The van der Waals surface area contributed by atoms with Crippen LogP contribution < -0.4 is 4.74 Å². The van der Waals surface area contributed by atoms with Crippen molar-refractivity contribution in [3.63, 3.8) is 0 Å². The molecule has 2 rings (SSSR count). The van der Waals surface area contributed by atoms with Crippen LogP contribution in [0.1, 0.15) is 43.1 Å². The fraction of sp³-hybridized carbons (Fsp3) is 0.300. The van der Waals surface area contributed by atoms with Gasteiger partial charge in [0.2, 0.25) is 6.79 Å². The third-order valence-electron chi connectivity index (χ3n) is 4.10. The van der Waals surface area contributed by atoms with E-state index in [2.05, 4.69) is 0 Å². The van der Waals surface area contributed by atoms with Gasteiger partial charge in [-0.2, -0.15) is 0 Å². The topological polar surface area (TPSA) is 72.8 Å². The average Bonchev–Trinajstić information content (AvgIpc) is 2.62. The van der Waals surface area contributed by atoms with E-state index < -0.39 is 5.41 Å². The van der Waals surface area contributed by atoms with Crippen LogP contribution in [-0.4, -0.2) is 23.7 Å². The van der Waals surface area contributed by atoms with Gasteiger partial charge < -0.3 is 14.6 Å². The van der Waals surface area contributed by atoms with Crippen LogP contribution in [-0.2, 0) is 9.53 Å². The van der Waals surface area contributed by atoms with E-state index in [0.29, 0.717) is 17.7 Å². The number of phenols is 1. The molecule has 0 aliphatic rings. The average molecular weight is 342 g/mol. The molecule has 0 bridgehead atoms. The highest BCUT2D eigenvalue weighted by atomic mass is 16.7. The Morgan fingerprint density at radius 1 is 1.08 bits per heavy atom. The zero-order chi connectivity index (χ0) is 18.4. The summed E-state index contributed by atoms with van der Waals surface area (Å²) < 4.78 is 10.4. The summed E-state index contributed by atoms with van der Waals surface area (Å²) in [4.78, 5) is 24.2. The Hall–Kier alpha value is -2.82. The number of ketones is 1. The lowest BCUT2D eigenvalue weighted by Crippen LogP contribution is -2.27. The molecule has 0 amide bonds. The van der Waals surface area contributed by atoms with Crippen LogP contribution in [0.15, 0.2) is 48.5 Å². The molecule has 1 N–H and O–H groups in total. The maximum atomic E-state index is 12.4. The second kappa shape index (κ2) is 7.83. The van der Waals surface area contributed by atoms with Crippen LogP contribution in [0.4, 0.5) is 0 Å². The lowest BCUT2D eigenvalue weighted by atomic mass is 9.91. The molecule has 0 saturated heterocycles. The van der Waals surface area contributed by atoms with E-state index in [0.717, 1.165) is 0 Å². The van der Waals surface area contributed by atoms with Gasteiger partial charge in [0.05, 0.1) is 11.0 Å². The van der Waals surface area contributed by atoms with Gasteiger partial charge in [-0.05, 0) is 32.4 Å². The number of hydrogen-bond donors (Lipinski definition) is 1. The summed E-state index contributed by atoms with van der Waals surface area (Å²) in [5, 5.41) is 10.1. The summed E-state index contributed by atoms with van der Waals surface area (Å²) in [6.07, 6.45) is 0.656. The minimum absolute atomic E-state index is 0.183. The number of carbonyl (C=O) groups is 2. The van der Waals surface area contributed by atoms with Gasteiger partial charge in [0.1, 0.15) is 11.5 Å². The van der Waals surface area contributed by atoms with Crippen molar-refractivity contribution in [3.05, 3.63) is 59.7 Å². The Morgan fingerprint density at radius 2 is 1.76 bits per heavy atom. The van der Waals surface area contributed by atoms with E-state index in [-0.39, 0.29) is 29.9 Å². The van der Waals surface area contributed by atoms with Crippen molar-refractivity contribution in [3.8, 4) is 11.5 Å². The van der Waals surface area contributed by atoms with Gasteiger partial charge >= 0.3 is 5.97 Å². The monoisotopic (exact) mass is 342 g/mol. The minimum atomic E-state index is -0.572. The van der Waals surface area contributed by atoms with Crippen molar-refractivity contribution < 1.29 is 24.2 Å². The maximum Gasteiger partial charge on any atom is 0.314 e. The number of hydrogen-bond acceptors (Lipinski definition) is 5. The molecule has 2 aromatic carbocycles. The Balaban J connectivity index is 2.00. The second-order valence-electron chi connectivity index (χ2n) is 6.31. The van der Waals surface area contributed by atoms with Crippen molar-refractivity contribution in [2.24, 2.45) is 5.41 Å². The maximum absolute atomic E-state index is 12.4. The fourth-order valence-electron chi connectivity index (χ4n) is 2.03. The predicted octanol–water partition coefficient (Wildman–Crippen LogP) is 3.94. The van der Waals surface area contributed by atoms with E-state index >= 15 is 0 Å². The molecule has 5 nitrogen and oxygen atoms in total. The Bertz CT molecular complexity index is 750. The van der Waals surface area contributed by atoms with Crippen LogP contribution in [0, 0.1) is 5.41 Å². The summed E-state index contributed by atoms with van der Waals surface area (Å²) in [6, 6.07) is 13.1. The molecule has 2 aromatic rings. The summed E-state index contributed by atoms with van der Waals surface area (Å²) in [5.74, 6) is -0.508. The highest BCUT2D eigenvalue weighted by Gasteiger charge is 2.27. The second-order valence-corrected chi connectivity index (χ2v) is 6.31. The van der Waals surface area contributed by atoms with E-state index in [9.17, 15) is 14.7 Å². The number of ether oxygens (including phenoxy) is 2. The van der Waals surface area contributed by atoms with Gasteiger partial charge in [-0.1, -0.05) is 37.3 Å². The molecule has 0 aliphatic carbocycles. The van der Waals surface area contributed by atoms with Crippen LogP contribution >= 0.6 is 0 Å². The normalized spacial score (nSPS) is 11.0. The van der Waals surface area contributed by atoms with E-state index in [1.807, 2.05) is 13.0 Å². The van der Waals surface area contributed by atoms with E-state index in [4.69, 9.17) is 9.47 Å². The lowest BCUT2D eigenvalue weighted by molar-refractivity contribution is -0.160. The number of phenolic OH excluding ortho intramolecular Hbond substituents is 1. The smallest absolute Gasteiger partial charge is 0.314 e. The van der Waals surface area contributed by atoms with Crippen LogP contribution in [0.3, 0.4) is 0 Å². The molecular formula is C20H22O5. The zero-order valence-corrected chi connectivity index (χ0v) is 14.6. The first-order valence-electron chi connectivity index (χ1n) is 8.08. The summed E-state index contributed by atoms with van der Waals surface area (Å²) in [6.45, 7) is 5.24. The number of aromatic hydroxyl groups is 1. The van der Waals surface area contributed by atoms with Gasteiger partial charge in [-0.15, -0.1) is 0 Å². The highest BCUT2D eigenvalue weighted by molar-refractivity contribution is 6.10. The molecule has 0 aromatic heterocycles. The van der Waals surface area contributed by atoms with E-state index in [1.165, 1.54) is 12.1 Å². The van der Waals surface area contributed by atoms with Gasteiger partial charge in [0, 0.05) is 11.6 Å². The standard InChI is InChI=1S/C20H22O5/c1-4-20(2,3)19(23)25-13-24-15-10-11-16(17(21)12-15)18(22)14-8-6-5-7-9-14/h5-12,21H,4,13H2,1-3H3. The molecule has 0 saturated carbocycles. The largest absolute Gasteiger partial charge is 0.507 e. The van der Waals surface area contributed by atoms with Gasteiger partial charge in [0.25, 0.3) is 0 Å². The first-order valence-corrected chi connectivity index (χ1v) is 8.08. The van der Waals surface area contributed by atoms with Gasteiger partial charge in [-0.25, -0.2) is 0 Å². The molecular weight excluding hydrogens is 320 g/mol. The predicted molar refractivity (Wildman–Crippen MR) is 93.6 cm³/mol. The molecule has 25 heavy (non-hydrogen) atoms. The van der Waals surface area contributed by atoms with Crippen molar-refractivity contribution >= 4 is 11.8 Å². The van der Waals surface area contributed by atoms with Gasteiger partial charge in [0.15, 0.2) is 5.78 Å². The van der Waals surface area contributed by atoms with Crippen LogP contribution in [0.25, 0.3) is 0 Å². The summed E-state index contributed by atoms with van der Waals surface area (Å²) in [5.41, 5.74) is 0.0992. The molecule has 0 heterocycles. The first-order chi connectivity index (χ1) is 11.8. The zero-order valence-electron chi connectivity index (χ0n) is 14.6. The van der Waals surface area contributed by atoms with Crippen LogP contribution in [0.5, 0.6) is 11.5 Å². The SMILES string of the molecule is CCC(C)(C)C(=O)OCOc1ccc(C(=O)c2ccccc2)c(O)c1. The Labute approximate surface area is 147 Å².